The summed E-state index contributed by atoms with van der Waals surface area (Å²) in [6.45, 7) is 1.56. The van der Waals surface area contributed by atoms with Crippen molar-refractivity contribution in [2.24, 2.45) is 0 Å². The number of benzene rings is 1. The molecular formula is C21H17N3O3S3. The fourth-order valence-corrected chi connectivity index (χ4v) is 5.52. The summed E-state index contributed by atoms with van der Waals surface area (Å²) in [7, 11) is 0. The molecule has 1 amide bonds. The molecule has 0 unspecified atom stereocenters. The third-order valence-electron chi connectivity index (χ3n) is 4.59. The number of thiophene rings is 2. The van der Waals surface area contributed by atoms with Crippen molar-refractivity contribution in [1.29, 1.82) is 0 Å². The summed E-state index contributed by atoms with van der Waals surface area (Å²) in [5, 5.41) is 5.83. The minimum atomic E-state index is 0.00655. The van der Waals surface area contributed by atoms with Crippen LogP contribution in [0, 0.1) is 0 Å². The summed E-state index contributed by atoms with van der Waals surface area (Å²) in [4.78, 5) is 25.8. The van der Waals surface area contributed by atoms with E-state index in [2.05, 4.69) is 9.97 Å². The summed E-state index contributed by atoms with van der Waals surface area (Å²) in [6.07, 6.45) is 1.55. The number of hydrogen-bond acceptors (Lipinski definition) is 8. The van der Waals surface area contributed by atoms with Crippen molar-refractivity contribution in [1.82, 2.24) is 9.97 Å². The van der Waals surface area contributed by atoms with Gasteiger partial charge in [-0.1, -0.05) is 17.8 Å². The van der Waals surface area contributed by atoms with Crippen LogP contribution in [-0.4, -0.2) is 34.8 Å². The first-order valence-corrected chi connectivity index (χ1v) is 12.1. The summed E-state index contributed by atoms with van der Waals surface area (Å²) >= 11 is 4.64. The Kier molecular flexibility index (Phi) is 5.56. The number of rotatable bonds is 6. The molecule has 0 bridgehead atoms. The van der Waals surface area contributed by atoms with E-state index in [-0.39, 0.29) is 11.7 Å². The molecule has 9 heteroatoms. The van der Waals surface area contributed by atoms with Gasteiger partial charge in [0.25, 0.3) is 0 Å². The monoisotopic (exact) mass is 455 g/mol. The second kappa shape index (κ2) is 8.63. The van der Waals surface area contributed by atoms with Crippen molar-refractivity contribution in [3.05, 3.63) is 58.4 Å². The molecule has 6 nitrogen and oxygen atoms in total. The zero-order chi connectivity index (χ0) is 20.3. The Bertz CT molecular complexity index is 1180. The highest BCUT2D eigenvalue weighted by atomic mass is 32.2. The quantitative estimate of drug-likeness (QED) is 0.306. The molecule has 0 N–H and O–H groups in total. The summed E-state index contributed by atoms with van der Waals surface area (Å²) < 4.78 is 11.3. The number of thioether (sulfide) groups is 1. The van der Waals surface area contributed by atoms with Crippen molar-refractivity contribution in [2.45, 2.75) is 11.6 Å². The molecule has 1 aromatic carbocycles. The average Bonchev–Trinajstić information content (AvgIpc) is 3.47. The number of amides is 1. The third kappa shape index (κ3) is 4.00. The summed E-state index contributed by atoms with van der Waals surface area (Å²) in [5.41, 5.74) is 0.793. The Morgan fingerprint density at radius 3 is 2.83 bits per heavy atom. The molecule has 0 radical (unpaired) electrons. The number of anilines is 1. The number of carbonyl (C=O) groups is 1. The fraction of sp³-hybridized carbons (Fsp3) is 0.190. The van der Waals surface area contributed by atoms with Crippen molar-refractivity contribution in [2.75, 3.05) is 23.9 Å². The zero-order valence-electron chi connectivity index (χ0n) is 15.8. The molecule has 0 saturated carbocycles. The Hall–Kier alpha value is -2.62. The molecule has 0 atom stereocenters. The van der Waals surface area contributed by atoms with Gasteiger partial charge in [0, 0.05) is 22.0 Å². The molecule has 0 spiro atoms. The van der Waals surface area contributed by atoms with Crippen LogP contribution in [0.25, 0.3) is 10.2 Å². The Labute approximate surface area is 185 Å². The number of ether oxygens (including phenoxy) is 2. The molecule has 0 fully saturated rings. The van der Waals surface area contributed by atoms with Gasteiger partial charge in [-0.2, -0.15) is 0 Å². The van der Waals surface area contributed by atoms with Crippen molar-refractivity contribution >= 4 is 56.2 Å². The Morgan fingerprint density at radius 1 is 1.07 bits per heavy atom. The molecule has 3 aromatic heterocycles. The lowest BCUT2D eigenvalue weighted by Crippen LogP contribution is -2.31. The molecule has 4 heterocycles. The third-order valence-corrected chi connectivity index (χ3v) is 7.26. The highest BCUT2D eigenvalue weighted by molar-refractivity contribution is 8.00. The van der Waals surface area contributed by atoms with Gasteiger partial charge in [-0.25, -0.2) is 9.97 Å². The van der Waals surface area contributed by atoms with Crippen LogP contribution in [0.1, 0.15) is 4.88 Å². The van der Waals surface area contributed by atoms with Gasteiger partial charge in [0.1, 0.15) is 29.4 Å². The lowest BCUT2D eigenvalue weighted by Gasteiger charge is -2.25. The van der Waals surface area contributed by atoms with E-state index in [4.69, 9.17) is 9.47 Å². The van der Waals surface area contributed by atoms with Crippen LogP contribution in [0.15, 0.2) is 58.5 Å². The van der Waals surface area contributed by atoms with Crippen molar-refractivity contribution in [3.63, 3.8) is 0 Å². The van der Waals surface area contributed by atoms with Crippen molar-refractivity contribution < 1.29 is 14.3 Å². The van der Waals surface area contributed by atoms with Gasteiger partial charge in [0.05, 0.1) is 12.3 Å². The predicted molar refractivity (Wildman–Crippen MR) is 121 cm³/mol. The minimum Gasteiger partial charge on any atom is -0.486 e. The van der Waals surface area contributed by atoms with E-state index in [1.54, 1.807) is 33.9 Å². The molecule has 0 aliphatic carbocycles. The van der Waals surface area contributed by atoms with Crippen LogP contribution >= 0.6 is 34.4 Å². The highest BCUT2D eigenvalue weighted by Gasteiger charge is 2.21. The number of aromatic nitrogens is 2. The molecule has 5 rings (SSSR count). The fourth-order valence-electron chi connectivity index (χ4n) is 3.17. The second-order valence-electron chi connectivity index (χ2n) is 6.49. The van der Waals surface area contributed by atoms with Gasteiger partial charge >= 0.3 is 0 Å². The van der Waals surface area contributed by atoms with Gasteiger partial charge in [0.15, 0.2) is 11.5 Å². The lowest BCUT2D eigenvalue weighted by molar-refractivity contribution is -0.116. The Balaban J connectivity index is 1.40. The normalized spacial score (nSPS) is 12.8. The van der Waals surface area contributed by atoms with Crippen LogP contribution < -0.4 is 14.4 Å². The van der Waals surface area contributed by atoms with E-state index in [0.29, 0.717) is 31.3 Å². The molecule has 4 aromatic rings. The smallest absolute Gasteiger partial charge is 0.237 e. The standard InChI is InChI=1S/C21H17N3O3S3/c25-19(12-30-21-16-5-9-29-20(16)22-13-23-21)24(11-15-2-1-8-28-15)14-3-4-17-18(10-14)27-7-6-26-17/h1-5,8-10,13H,6-7,11-12H2. The largest absolute Gasteiger partial charge is 0.486 e. The zero-order valence-corrected chi connectivity index (χ0v) is 18.3. The summed E-state index contributed by atoms with van der Waals surface area (Å²) in [5.74, 6) is 1.67. The van der Waals surface area contributed by atoms with E-state index < -0.39 is 0 Å². The van der Waals surface area contributed by atoms with E-state index >= 15 is 0 Å². The highest BCUT2D eigenvalue weighted by Crippen LogP contribution is 2.35. The van der Waals surface area contributed by atoms with Crippen LogP contribution in [0.5, 0.6) is 11.5 Å². The van der Waals surface area contributed by atoms with Crippen LogP contribution in [-0.2, 0) is 11.3 Å². The number of nitrogens with zero attached hydrogens (tertiary/aromatic N) is 3. The first-order chi connectivity index (χ1) is 14.8. The van der Waals surface area contributed by atoms with E-state index in [9.17, 15) is 4.79 Å². The van der Waals surface area contributed by atoms with Crippen LogP contribution in [0.2, 0.25) is 0 Å². The van der Waals surface area contributed by atoms with Gasteiger partial charge in [-0.15, -0.1) is 22.7 Å². The maximum absolute atomic E-state index is 13.3. The second-order valence-corrected chi connectivity index (χ2v) is 9.38. The molecule has 30 heavy (non-hydrogen) atoms. The van der Waals surface area contributed by atoms with Crippen molar-refractivity contribution in [3.8, 4) is 11.5 Å². The molecule has 1 aliphatic heterocycles. The van der Waals surface area contributed by atoms with E-state index in [0.717, 1.165) is 25.8 Å². The first kappa shape index (κ1) is 19.3. The maximum Gasteiger partial charge on any atom is 0.237 e. The molecule has 0 saturated heterocycles. The maximum atomic E-state index is 13.3. The lowest BCUT2D eigenvalue weighted by atomic mass is 10.2. The van der Waals surface area contributed by atoms with Gasteiger partial charge in [-0.05, 0) is 35.0 Å². The SMILES string of the molecule is O=C(CSc1ncnc2sccc12)N(Cc1cccs1)c1ccc2c(c1)OCCO2. The molecular weight excluding hydrogens is 438 g/mol. The average molecular weight is 456 g/mol. The van der Waals surface area contributed by atoms with E-state index in [1.165, 1.54) is 11.8 Å². The Morgan fingerprint density at radius 2 is 1.97 bits per heavy atom. The molecule has 152 valence electrons. The van der Waals surface area contributed by atoms with Gasteiger partial charge < -0.3 is 14.4 Å². The van der Waals surface area contributed by atoms with Gasteiger partial charge in [0.2, 0.25) is 5.91 Å². The number of fused-ring (bicyclic) bond motifs is 2. The van der Waals surface area contributed by atoms with Crippen LogP contribution in [0.3, 0.4) is 0 Å². The predicted octanol–water partition coefficient (Wildman–Crippen LogP) is 4.85. The minimum absolute atomic E-state index is 0.00655. The van der Waals surface area contributed by atoms with Crippen LogP contribution in [0.4, 0.5) is 5.69 Å². The number of hydrogen-bond donors (Lipinski definition) is 0. The topological polar surface area (TPSA) is 64.6 Å². The summed E-state index contributed by atoms with van der Waals surface area (Å²) in [6, 6.07) is 11.7. The first-order valence-electron chi connectivity index (χ1n) is 9.31. The van der Waals surface area contributed by atoms with E-state index in [1.807, 2.05) is 47.2 Å². The number of carbonyl (C=O) groups excluding carboxylic acids is 1. The van der Waals surface area contributed by atoms with Gasteiger partial charge in [-0.3, -0.25) is 4.79 Å². The molecule has 1 aliphatic rings.